The second kappa shape index (κ2) is 7.68. The Hall–Kier alpha value is -1.55. The standard InChI is InChI=1S/C13H20N2O2/c1-17-13(16)4-2-3-11-5-7-12(8-6-11)15-10-9-14/h5-8,15H,2-4,9-10,14H2,1H3. The van der Waals surface area contributed by atoms with Crippen LogP contribution in [0.15, 0.2) is 24.3 Å². The molecule has 0 aliphatic rings. The van der Waals surface area contributed by atoms with Crippen LogP contribution < -0.4 is 11.1 Å². The summed E-state index contributed by atoms with van der Waals surface area (Å²) in [5, 5.41) is 3.21. The van der Waals surface area contributed by atoms with Crippen molar-refractivity contribution in [2.75, 3.05) is 25.5 Å². The van der Waals surface area contributed by atoms with E-state index in [1.807, 2.05) is 12.1 Å². The van der Waals surface area contributed by atoms with Crippen LogP contribution in [0.4, 0.5) is 5.69 Å². The van der Waals surface area contributed by atoms with E-state index in [1.165, 1.54) is 12.7 Å². The molecule has 0 amide bonds. The lowest BCUT2D eigenvalue weighted by molar-refractivity contribution is -0.140. The zero-order chi connectivity index (χ0) is 12.5. The summed E-state index contributed by atoms with van der Waals surface area (Å²) >= 11 is 0. The van der Waals surface area contributed by atoms with E-state index in [4.69, 9.17) is 5.73 Å². The van der Waals surface area contributed by atoms with Crippen LogP contribution in [0.2, 0.25) is 0 Å². The summed E-state index contributed by atoms with van der Waals surface area (Å²) in [5.41, 5.74) is 7.71. The van der Waals surface area contributed by atoms with Gasteiger partial charge in [0.25, 0.3) is 0 Å². The van der Waals surface area contributed by atoms with Gasteiger partial charge in [0.2, 0.25) is 0 Å². The van der Waals surface area contributed by atoms with Crippen LogP contribution in [0.1, 0.15) is 18.4 Å². The number of hydrogen-bond donors (Lipinski definition) is 2. The van der Waals surface area contributed by atoms with Crippen LogP contribution in [0.25, 0.3) is 0 Å². The maximum atomic E-state index is 10.9. The molecule has 0 aromatic heterocycles. The number of hydrogen-bond acceptors (Lipinski definition) is 4. The van der Waals surface area contributed by atoms with E-state index in [9.17, 15) is 4.79 Å². The van der Waals surface area contributed by atoms with E-state index in [1.54, 1.807) is 0 Å². The van der Waals surface area contributed by atoms with Crippen molar-refractivity contribution in [3.63, 3.8) is 0 Å². The average molecular weight is 236 g/mol. The molecule has 0 atom stereocenters. The highest BCUT2D eigenvalue weighted by atomic mass is 16.5. The molecule has 0 heterocycles. The van der Waals surface area contributed by atoms with E-state index in [-0.39, 0.29) is 5.97 Å². The highest BCUT2D eigenvalue weighted by Crippen LogP contribution is 2.11. The Balaban J connectivity index is 2.32. The van der Waals surface area contributed by atoms with Gasteiger partial charge in [0.05, 0.1) is 7.11 Å². The number of benzene rings is 1. The molecule has 1 rings (SSSR count). The van der Waals surface area contributed by atoms with E-state index in [0.29, 0.717) is 13.0 Å². The van der Waals surface area contributed by atoms with Crippen molar-refractivity contribution in [1.82, 2.24) is 0 Å². The monoisotopic (exact) mass is 236 g/mol. The Labute approximate surface area is 102 Å². The molecule has 0 radical (unpaired) electrons. The Morgan fingerprint density at radius 2 is 2.06 bits per heavy atom. The number of rotatable bonds is 7. The Morgan fingerprint density at radius 1 is 1.35 bits per heavy atom. The smallest absolute Gasteiger partial charge is 0.305 e. The zero-order valence-corrected chi connectivity index (χ0v) is 10.2. The molecule has 0 aliphatic heterocycles. The van der Waals surface area contributed by atoms with Gasteiger partial charge in [0, 0.05) is 25.2 Å². The molecular weight excluding hydrogens is 216 g/mol. The number of nitrogens with two attached hydrogens (primary N) is 1. The molecule has 0 fully saturated rings. The molecular formula is C13H20N2O2. The van der Waals surface area contributed by atoms with Crippen LogP contribution in [0, 0.1) is 0 Å². The summed E-state index contributed by atoms with van der Waals surface area (Å²) in [7, 11) is 1.42. The largest absolute Gasteiger partial charge is 0.469 e. The fourth-order valence-corrected chi connectivity index (χ4v) is 1.54. The van der Waals surface area contributed by atoms with E-state index in [0.717, 1.165) is 25.1 Å². The van der Waals surface area contributed by atoms with Crippen LogP contribution >= 0.6 is 0 Å². The minimum absolute atomic E-state index is 0.147. The molecule has 1 aromatic rings. The van der Waals surface area contributed by atoms with Crippen LogP contribution in [0.5, 0.6) is 0 Å². The normalized spacial score (nSPS) is 10.0. The third-order valence-electron chi connectivity index (χ3n) is 2.50. The highest BCUT2D eigenvalue weighted by Gasteiger charge is 2.00. The molecule has 0 saturated heterocycles. The Kier molecular flexibility index (Phi) is 6.10. The summed E-state index contributed by atoms with van der Waals surface area (Å²) in [6.45, 7) is 1.41. The van der Waals surface area contributed by atoms with Crippen LogP contribution in [0.3, 0.4) is 0 Å². The molecule has 3 N–H and O–H groups in total. The SMILES string of the molecule is COC(=O)CCCc1ccc(NCCN)cc1. The van der Waals surface area contributed by atoms with Crippen molar-refractivity contribution in [2.24, 2.45) is 5.73 Å². The second-order valence-electron chi connectivity index (χ2n) is 3.84. The fraction of sp³-hybridized carbons (Fsp3) is 0.462. The zero-order valence-electron chi connectivity index (χ0n) is 10.2. The number of anilines is 1. The highest BCUT2D eigenvalue weighted by molar-refractivity contribution is 5.69. The average Bonchev–Trinajstić information content (AvgIpc) is 2.37. The Morgan fingerprint density at radius 3 is 2.65 bits per heavy atom. The first-order valence-electron chi connectivity index (χ1n) is 5.86. The molecule has 0 unspecified atom stereocenters. The van der Waals surface area contributed by atoms with Crippen molar-refractivity contribution in [3.8, 4) is 0 Å². The van der Waals surface area contributed by atoms with E-state index >= 15 is 0 Å². The maximum Gasteiger partial charge on any atom is 0.305 e. The van der Waals surface area contributed by atoms with E-state index in [2.05, 4.69) is 22.2 Å². The van der Waals surface area contributed by atoms with Gasteiger partial charge in [-0.2, -0.15) is 0 Å². The topological polar surface area (TPSA) is 64.3 Å². The maximum absolute atomic E-state index is 10.9. The van der Waals surface area contributed by atoms with Gasteiger partial charge in [-0.1, -0.05) is 12.1 Å². The van der Waals surface area contributed by atoms with Crippen molar-refractivity contribution in [3.05, 3.63) is 29.8 Å². The lowest BCUT2D eigenvalue weighted by Crippen LogP contribution is -2.12. The van der Waals surface area contributed by atoms with Crippen molar-refractivity contribution in [1.29, 1.82) is 0 Å². The van der Waals surface area contributed by atoms with Gasteiger partial charge in [-0.15, -0.1) is 0 Å². The number of methoxy groups -OCH3 is 1. The predicted molar refractivity (Wildman–Crippen MR) is 68.9 cm³/mol. The van der Waals surface area contributed by atoms with Gasteiger partial charge in [-0.3, -0.25) is 4.79 Å². The van der Waals surface area contributed by atoms with Crippen molar-refractivity contribution < 1.29 is 9.53 Å². The number of aryl methyl sites for hydroxylation is 1. The molecule has 4 heteroatoms. The number of carbonyl (C=O) groups is 1. The Bertz CT molecular complexity index is 336. The summed E-state index contributed by atoms with van der Waals surface area (Å²) < 4.78 is 4.59. The first-order chi connectivity index (χ1) is 8.26. The molecule has 1 aromatic carbocycles. The minimum Gasteiger partial charge on any atom is -0.469 e. The number of carbonyl (C=O) groups excluding carboxylic acids is 1. The summed E-state index contributed by atoms with van der Waals surface area (Å²) in [6.07, 6.45) is 2.19. The number of ether oxygens (including phenoxy) is 1. The molecule has 0 aliphatic carbocycles. The number of nitrogens with one attached hydrogen (secondary N) is 1. The van der Waals surface area contributed by atoms with Gasteiger partial charge in [-0.25, -0.2) is 0 Å². The second-order valence-corrected chi connectivity index (χ2v) is 3.84. The minimum atomic E-state index is -0.147. The molecule has 17 heavy (non-hydrogen) atoms. The number of esters is 1. The molecule has 4 nitrogen and oxygen atoms in total. The molecule has 94 valence electrons. The molecule has 0 saturated carbocycles. The lowest BCUT2D eigenvalue weighted by atomic mass is 10.1. The third kappa shape index (κ3) is 5.36. The van der Waals surface area contributed by atoms with E-state index < -0.39 is 0 Å². The van der Waals surface area contributed by atoms with Gasteiger partial charge in [0.1, 0.15) is 0 Å². The first kappa shape index (κ1) is 13.5. The van der Waals surface area contributed by atoms with Gasteiger partial charge >= 0.3 is 5.97 Å². The summed E-state index contributed by atoms with van der Waals surface area (Å²) in [6, 6.07) is 8.19. The molecule has 0 spiro atoms. The van der Waals surface area contributed by atoms with Crippen LogP contribution in [-0.2, 0) is 16.0 Å². The van der Waals surface area contributed by atoms with Crippen LogP contribution in [-0.4, -0.2) is 26.2 Å². The van der Waals surface area contributed by atoms with Gasteiger partial charge in [-0.05, 0) is 30.5 Å². The molecule has 0 bridgehead atoms. The quantitative estimate of drug-likeness (QED) is 0.705. The summed E-state index contributed by atoms with van der Waals surface area (Å²) in [5.74, 6) is -0.147. The fourth-order valence-electron chi connectivity index (χ4n) is 1.54. The van der Waals surface area contributed by atoms with Crippen molar-refractivity contribution >= 4 is 11.7 Å². The van der Waals surface area contributed by atoms with Crippen molar-refractivity contribution in [2.45, 2.75) is 19.3 Å². The first-order valence-corrected chi connectivity index (χ1v) is 5.86. The van der Waals surface area contributed by atoms with Gasteiger partial charge in [0.15, 0.2) is 0 Å². The summed E-state index contributed by atoms with van der Waals surface area (Å²) in [4.78, 5) is 10.9. The van der Waals surface area contributed by atoms with Gasteiger partial charge < -0.3 is 15.8 Å². The third-order valence-corrected chi connectivity index (χ3v) is 2.50. The lowest BCUT2D eigenvalue weighted by Gasteiger charge is -2.06. The predicted octanol–water partition coefficient (Wildman–Crippen LogP) is 1.55.